The predicted octanol–water partition coefficient (Wildman–Crippen LogP) is 1.72. The summed E-state index contributed by atoms with van der Waals surface area (Å²) >= 11 is 1.45. The van der Waals surface area contributed by atoms with Crippen molar-refractivity contribution in [2.24, 2.45) is 0 Å². The first-order chi connectivity index (χ1) is 7.26. The smallest absolute Gasteiger partial charge is 0.408 e. The Labute approximate surface area is 99.9 Å². The maximum Gasteiger partial charge on any atom is 0.408 e. The molecule has 0 fully saturated rings. The Morgan fingerprint density at radius 2 is 2.00 bits per heavy atom. The summed E-state index contributed by atoms with van der Waals surface area (Å²) in [5.41, 5.74) is -0.620. The molecule has 0 rings (SSSR count). The lowest BCUT2D eigenvalue weighted by Gasteiger charge is -2.21. The first kappa shape index (κ1) is 15.1. The molecule has 0 aliphatic carbocycles. The lowest BCUT2D eigenvalue weighted by molar-refractivity contribution is -0.138. The number of aliphatic carboxylic acids is 1. The number of carboxylic acid groups (broad SMARTS) is 1. The molecule has 0 aromatic rings. The van der Waals surface area contributed by atoms with Gasteiger partial charge in [0, 0.05) is 5.75 Å². The van der Waals surface area contributed by atoms with Crippen molar-refractivity contribution < 1.29 is 19.4 Å². The zero-order valence-electron chi connectivity index (χ0n) is 10.1. The topological polar surface area (TPSA) is 75.6 Å². The van der Waals surface area contributed by atoms with E-state index in [1.54, 1.807) is 20.8 Å². The number of rotatable bonds is 5. The number of carbonyl (C=O) groups excluding carboxylic acids is 1. The molecular formula is C10H19NO4S. The van der Waals surface area contributed by atoms with Gasteiger partial charge in [-0.25, -0.2) is 9.59 Å². The number of ether oxygens (including phenoxy) is 1. The molecule has 0 unspecified atom stereocenters. The molecule has 0 saturated carbocycles. The van der Waals surface area contributed by atoms with E-state index in [4.69, 9.17) is 9.84 Å². The van der Waals surface area contributed by atoms with Crippen molar-refractivity contribution in [2.45, 2.75) is 39.3 Å². The zero-order chi connectivity index (χ0) is 12.8. The van der Waals surface area contributed by atoms with Gasteiger partial charge in [0.15, 0.2) is 0 Å². The number of carbonyl (C=O) groups is 2. The van der Waals surface area contributed by atoms with Crippen LogP contribution in [-0.4, -0.2) is 40.3 Å². The average molecular weight is 249 g/mol. The standard InChI is InChI=1S/C10H19NO4S/c1-5-16-6-7(8(12)13)11-9(14)15-10(2,3)4/h7H,5-6H2,1-4H3,(H,11,14)(H,12,13)/t7-/m1/s1. The molecule has 0 radical (unpaired) electrons. The van der Waals surface area contributed by atoms with Gasteiger partial charge in [0.05, 0.1) is 0 Å². The summed E-state index contributed by atoms with van der Waals surface area (Å²) in [6.07, 6.45) is -0.698. The van der Waals surface area contributed by atoms with Crippen molar-refractivity contribution in [3.8, 4) is 0 Å². The van der Waals surface area contributed by atoms with E-state index in [-0.39, 0.29) is 0 Å². The van der Waals surface area contributed by atoms with Crippen LogP contribution in [0, 0.1) is 0 Å². The second kappa shape index (κ2) is 6.62. The number of hydrogen-bond donors (Lipinski definition) is 2. The van der Waals surface area contributed by atoms with Gasteiger partial charge in [0.25, 0.3) is 0 Å². The normalized spacial score (nSPS) is 13.0. The van der Waals surface area contributed by atoms with Crippen molar-refractivity contribution in [2.75, 3.05) is 11.5 Å². The molecule has 6 heteroatoms. The molecule has 0 aliphatic rings. The molecule has 16 heavy (non-hydrogen) atoms. The van der Waals surface area contributed by atoms with Crippen molar-refractivity contribution in [1.29, 1.82) is 0 Å². The Kier molecular flexibility index (Phi) is 6.25. The minimum absolute atomic E-state index is 0.338. The largest absolute Gasteiger partial charge is 0.480 e. The minimum Gasteiger partial charge on any atom is -0.480 e. The fourth-order valence-corrected chi connectivity index (χ4v) is 1.56. The third-order valence-electron chi connectivity index (χ3n) is 1.48. The highest BCUT2D eigenvalue weighted by Crippen LogP contribution is 2.08. The van der Waals surface area contributed by atoms with Gasteiger partial charge in [-0.05, 0) is 26.5 Å². The third kappa shape index (κ3) is 7.39. The fourth-order valence-electron chi connectivity index (χ4n) is 0.860. The third-order valence-corrected chi connectivity index (χ3v) is 2.45. The molecule has 0 bridgehead atoms. The van der Waals surface area contributed by atoms with Gasteiger partial charge < -0.3 is 15.2 Å². The number of alkyl carbamates (subject to hydrolysis) is 1. The maximum atomic E-state index is 11.3. The van der Waals surface area contributed by atoms with E-state index in [2.05, 4.69) is 5.32 Å². The van der Waals surface area contributed by atoms with Crippen LogP contribution in [0.2, 0.25) is 0 Å². The molecule has 94 valence electrons. The second-order valence-electron chi connectivity index (χ2n) is 4.20. The lowest BCUT2D eigenvalue weighted by Crippen LogP contribution is -2.44. The number of nitrogens with one attached hydrogen (secondary N) is 1. The van der Waals surface area contributed by atoms with Crippen molar-refractivity contribution in [1.82, 2.24) is 5.32 Å². The summed E-state index contributed by atoms with van der Waals surface area (Å²) in [7, 11) is 0. The second-order valence-corrected chi connectivity index (χ2v) is 5.52. The Bertz CT molecular complexity index is 250. The first-order valence-electron chi connectivity index (χ1n) is 5.06. The first-order valence-corrected chi connectivity index (χ1v) is 6.21. The van der Waals surface area contributed by atoms with Crippen LogP contribution in [0.15, 0.2) is 0 Å². The summed E-state index contributed by atoms with van der Waals surface area (Å²) < 4.78 is 4.98. The molecule has 0 aromatic carbocycles. The number of hydrogen-bond acceptors (Lipinski definition) is 4. The van der Waals surface area contributed by atoms with E-state index in [0.717, 1.165) is 5.75 Å². The number of thioether (sulfide) groups is 1. The van der Waals surface area contributed by atoms with E-state index in [9.17, 15) is 9.59 Å². The molecule has 0 heterocycles. The summed E-state index contributed by atoms with van der Waals surface area (Å²) in [6.45, 7) is 7.10. The highest BCUT2D eigenvalue weighted by Gasteiger charge is 2.23. The van der Waals surface area contributed by atoms with E-state index in [0.29, 0.717) is 5.75 Å². The molecule has 0 aromatic heterocycles. The Morgan fingerprint density at radius 3 is 2.38 bits per heavy atom. The van der Waals surface area contributed by atoms with Crippen LogP contribution in [0.4, 0.5) is 4.79 Å². The van der Waals surface area contributed by atoms with Gasteiger partial charge in [0.2, 0.25) is 0 Å². The predicted molar refractivity (Wildman–Crippen MR) is 63.8 cm³/mol. The molecule has 0 saturated heterocycles. The summed E-state index contributed by atoms with van der Waals surface area (Å²) in [5.74, 6) is 0.0945. The highest BCUT2D eigenvalue weighted by atomic mass is 32.2. The van der Waals surface area contributed by atoms with Crippen LogP contribution in [0.1, 0.15) is 27.7 Å². The van der Waals surface area contributed by atoms with Gasteiger partial charge in [-0.15, -0.1) is 0 Å². The fraction of sp³-hybridized carbons (Fsp3) is 0.800. The average Bonchev–Trinajstić information content (AvgIpc) is 2.08. The van der Waals surface area contributed by atoms with Crippen LogP contribution in [0.25, 0.3) is 0 Å². The van der Waals surface area contributed by atoms with Crippen molar-refractivity contribution >= 4 is 23.8 Å². The van der Waals surface area contributed by atoms with E-state index < -0.39 is 23.7 Å². The molecule has 0 spiro atoms. The van der Waals surface area contributed by atoms with Crippen molar-refractivity contribution in [3.63, 3.8) is 0 Å². The molecule has 0 aliphatic heterocycles. The highest BCUT2D eigenvalue weighted by molar-refractivity contribution is 7.99. The molecular weight excluding hydrogens is 230 g/mol. The van der Waals surface area contributed by atoms with Gasteiger partial charge in [0.1, 0.15) is 11.6 Å². The minimum atomic E-state index is -1.05. The van der Waals surface area contributed by atoms with Gasteiger partial charge in [-0.2, -0.15) is 11.8 Å². The number of amides is 1. The van der Waals surface area contributed by atoms with Crippen LogP contribution < -0.4 is 5.32 Å². The summed E-state index contributed by atoms with van der Waals surface area (Å²) in [5, 5.41) is 11.2. The SMILES string of the molecule is CCSC[C@@H](NC(=O)OC(C)(C)C)C(=O)O. The Hall–Kier alpha value is -0.910. The van der Waals surface area contributed by atoms with Gasteiger partial charge in [-0.3, -0.25) is 0 Å². The monoisotopic (exact) mass is 249 g/mol. The molecule has 2 N–H and O–H groups in total. The van der Waals surface area contributed by atoms with Crippen LogP contribution in [-0.2, 0) is 9.53 Å². The zero-order valence-corrected chi connectivity index (χ0v) is 10.9. The Morgan fingerprint density at radius 1 is 1.44 bits per heavy atom. The van der Waals surface area contributed by atoms with Crippen LogP contribution >= 0.6 is 11.8 Å². The van der Waals surface area contributed by atoms with Gasteiger partial charge >= 0.3 is 12.1 Å². The van der Waals surface area contributed by atoms with Gasteiger partial charge in [-0.1, -0.05) is 6.92 Å². The molecule has 1 amide bonds. The maximum absolute atomic E-state index is 11.3. The quantitative estimate of drug-likeness (QED) is 0.776. The Balaban J connectivity index is 4.19. The molecule has 5 nitrogen and oxygen atoms in total. The van der Waals surface area contributed by atoms with E-state index in [1.165, 1.54) is 11.8 Å². The summed E-state index contributed by atoms with van der Waals surface area (Å²) in [6, 6.07) is -0.903. The van der Waals surface area contributed by atoms with E-state index in [1.807, 2.05) is 6.92 Å². The summed E-state index contributed by atoms with van der Waals surface area (Å²) in [4.78, 5) is 22.2. The van der Waals surface area contributed by atoms with E-state index >= 15 is 0 Å². The number of carboxylic acids is 1. The van der Waals surface area contributed by atoms with Crippen LogP contribution in [0.5, 0.6) is 0 Å². The van der Waals surface area contributed by atoms with Crippen molar-refractivity contribution in [3.05, 3.63) is 0 Å². The van der Waals surface area contributed by atoms with Crippen LogP contribution in [0.3, 0.4) is 0 Å². The lowest BCUT2D eigenvalue weighted by atomic mass is 10.2. The molecule has 1 atom stereocenters.